The van der Waals surface area contributed by atoms with E-state index in [4.69, 9.17) is 4.74 Å². The van der Waals surface area contributed by atoms with Crippen LogP contribution in [-0.2, 0) is 6.18 Å². The van der Waals surface area contributed by atoms with Crippen molar-refractivity contribution in [3.8, 4) is 22.9 Å². The van der Waals surface area contributed by atoms with Crippen molar-refractivity contribution >= 4 is 11.6 Å². The lowest BCUT2D eigenvalue weighted by atomic mass is 10.1. The highest BCUT2D eigenvalue weighted by Crippen LogP contribution is 2.31. The normalized spacial score (nSPS) is 11.6. The van der Waals surface area contributed by atoms with Gasteiger partial charge in [-0.2, -0.15) is 18.2 Å². The standard InChI is InChI=1S/C24H21F4N5O/c1-14(2)33-23(34-20-9-6-18(25)12-15(20)3)31-22(32-33)30-19-7-4-16(5-8-19)17-10-11-29-21(13-17)24(26,27)28/h4-14H,1-3H3,(H,30,32). The molecular weight excluding hydrogens is 450 g/mol. The van der Waals surface area contributed by atoms with Crippen LogP contribution in [0.5, 0.6) is 11.8 Å². The molecule has 0 unspecified atom stereocenters. The Balaban J connectivity index is 1.54. The molecule has 0 saturated carbocycles. The van der Waals surface area contributed by atoms with Crippen LogP contribution < -0.4 is 10.1 Å². The van der Waals surface area contributed by atoms with Gasteiger partial charge in [-0.3, -0.25) is 4.98 Å². The molecule has 0 spiro atoms. The minimum atomic E-state index is -4.51. The smallest absolute Gasteiger partial charge is 0.424 e. The molecule has 0 atom stereocenters. The molecule has 0 radical (unpaired) electrons. The van der Waals surface area contributed by atoms with E-state index in [1.807, 2.05) is 13.8 Å². The van der Waals surface area contributed by atoms with Gasteiger partial charge in [0.2, 0.25) is 5.95 Å². The van der Waals surface area contributed by atoms with Crippen molar-refractivity contribution in [3.05, 3.63) is 77.9 Å². The number of nitrogens with zero attached hydrogens (tertiary/aromatic N) is 4. The first kappa shape index (κ1) is 23.2. The first-order valence-electron chi connectivity index (χ1n) is 10.4. The van der Waals surface area contributed by atoms with E-state index in [2.05, 4.69) is 20.4 Å². The van der Waals surface area contributed by atoms with Crippen LogP contribution >= 0.6 is 0 Å². The van der Waals surface area contributed by atoms with Crippen LogP contribution in [0.2, 0.25) is 0 Å². The molecule has 0 aliphatic carbocycles. The molecule has 4 aromatic rings. The van der Waals surface area contributed by atoms with Crippen molar-refractivity contribution in [2.24, 2.45) is 0 Å². The Morgan fingerprint density at radius 2 is 1.71 bits per heavy atom. The van der Waals surface area contributed by atoms with Gasteiger partial charge in [-0.15, -0.1) is 5.10 Å². The molecule has 0 aliphatic rings. The monoisotopic (exact) mass is 471 g/mol. The fraction of sp³-hybridized carbons (Fsp3) is 0.208. The van der Waals surface area contributed by atoms with Crippen LogP contribution in [0.25, 0.3) is 11.1 Å². The van der Waals surface area contributed by atoms with Crippen LogP contribution in [0.1, 0.15) is 31.1 Å². The number of anilines is 2. The predicted octanol–water partition coefficient (Wildman–Crippen LogP) is 6.92. The van der Waals surface area contributed by atoms with E-state index in [-0.39, 0.29) is 23.8 Å². The number of pyridine rings is 1. The second-order valence-corrected chi connectivity index (χ2v) is 7.90. The fourth-order valence-corrected chi connectivity index (χ4v) is 3.23. The molecule has 2 aromatic carbocycles. The molecule has 2 aromatic heterocycles. The predicted molar refractivity (Wildman–Crippen MR) is 120 cm³/mol. The van der Waals surface area contributed by atoms with Crippen LogP contribution in [0.4, 0.5) is 29.2 Å². The summed E-state index contributed by atoms with van der Waals surface area (Å²) in [4.78, 5) is 7.78. The number of alkyl halides is 3. The number of aromatic nitrogens is 4. The third-order valence-electron chi connectivity index (χ3n) is 4.95. The lowest BCUT2D eigenvalue weighted by Crippen LogP contribution is -2.07. The van der Waals surface area contributed by atoms with Crippen molar-refractivity contribution in [2.75, 3.05) is 5.32 Å². The number of nitrogens with one attached hydrogen (secondary N) is 1. The Labute approximate surface area is 193 Å². The van der Waals surface area contributed by atoms with Gasteiger partial charge in [0, 0.05) is 11.9 Å². The summed E-state index contributed by atoms with van der Waals surface area (Å²) < 4.78 is 59.7. The quantitative estimate of drug-likeness (QED) is 0.309. The molecular formula is C24H21F4N5O. The van der Waals surface area contributed by atoms with Crippen LogP contribution in [0.15, 0.2) is 60.8 Å². The highest BCUT2D eigenvalue weighted by molar-refractivity contribution is 5.67. The Bertz CT molecular complexity index is 1300. The molecule has 0 fully saturated rings. The first-order chi connectivity index (χ1) is 16.1. The molecule has 176 valence electrons. The van der Waals surface area contributed by atoms with E-state index >= 15 is 0 Å². The minimum absolute atomic E-state index is 0.0595. The molecule has 0 bridgehead atoms. The van der Waals surface area contributed by atoms with Gasteiger partial charge >= 0.3 is 12.2 Å². The van der Waals surface area contributed by atoms with Crippen molar-refractivity contribution < 1.29 is 22.3 Å². The van der Waals surface area contributed by atoms with E-state index < -0.39 is 11.9 Å². The summed E-state index contributed by atoms with van der Waals surface area (Å²) in [5.74, 6) is 0.379. The van der Waals surface area contributed by atoms with E-state index in [9.17, 15) is 17.6 Å². The van der Waals surface area contributed by atoms with Gasteiger partial charge in [-0.1, -0.05) is 12.1 Å². The second-order valence-electron chi connectivity index (χ2n) is 7.90. The lowest BCUT2D eigenvalue weighted by Gasteiger charge is -2.11. The summed E-state index contributed by atoms with van der Waals surface area (Å²) in [5.41, 5.74) is 1.32. The third kappa shape index (κ3) is 5.16. The number of hydrogen-bond acceptors (Lipinski definition) is 5. The number of aryl methyl sites for hydroxylation is 1. The average molecular weight is 471 g/mol. The molecule has 34 heavy (non-hydrogen) atoms. The summed E-state index contributed by atoms with van der Waals surface area (Å²) in [6.07, 6.45) is -3.37. The zero-order valence-corrected chi connectivity index (χ0v) is 18.6. The summed E-state index contributed by atoms with van der Waals surface area (Å²) in [5, 5.41) is 7.50. The van der Waals surface area contributed by atoms with E-state index in [0.717, 1.165) is 12.3 Å². The largest absolute Gasteiger partial charge is 0.433 e. The minimum Gasteiger partial charge on any atom is -0.424 e. The number of rotatable bonds is 6. The Morgan fingerprint density at radius 1 is 0.971 bits per heavy atom. The average Bonchev–Trinajstić information content (AvgIpc) is 3.18. The van der Waals surface area contributed by atoms with Gasteiger partial charge < -0.3 is 10.1 Å². The molecule has 10 heteroatoms. The van der Waals surface area contributed by atoms with E-state index in [1.54, 1.807) is 35.9 Å². The summed E-state index contributed by atoms with van der Waals surface area (Å²) in [6, 6.07) is 13.7. The summed E-state index contributed by atoms with van der Waals surface area (Å²) >= 11 is 0. The number of halogens is 4. The van der Waals surface area contributed by atoms with Gasteiger partial charge in [0.25, 0.3) is 0 Å². The van der Waals surface area contributed by atoms with Crippen LogP contribution in [-0.4, -0.2) is 19.7 Å². The zero-order chi connectivity index (χ0) is 24.5. The van der Waals surface area contributed by atoms with Crippen molar-refractivity contribution in [3.63, 3.8) is 0 Å². The molecule has 2 heterocycles. The van der Waals surface area contributed by atoms with Crippen molar-refractivity contribution in [2.45, 2.75) is 33.0 Å². The van der Waals surface area contributed by atoms with Crippen molar-refractivity contribution in [1.82, 2.24) is 19.7 Å². The molecule has 6 nitrogen and oxygen atoms in total. The molecule has 1 N–H and O–H groups in total. The topological polar surface area (TPSA) is 64.9 Å². The van der Waals surface area contributed by atoms with Gasteiger partial charge in [-0.05, 0) is 79.9 Å². The van der Waals surface area contributed by atoms with E-state index in [0.29, 0.717) is 28.1 Å². The van der Waals surface area contributed by atoms with Crippen LogP contribution in [0.3, 0.4) is 0 Å². The van der Waals surface area contributed by atoms with Crippen LogP contribution in [0, 0.1) is 12.7 Å². The molecule has 4 rings (SSSR count). The molecule has 0 aliphatic heterocycles. The maximum atomic E-state index is 13.4. The van der Waals surface area contributed by atoms with Crippen molar-refractivity contribution in [1.29, 1.82) is 0 Å². The fourth-order valence-electron chi connectivity index (χ4n) is 3.23. The first-order valence-corrected chi connectivity index (χ1v) is 10.4. The molecule has 0 amide bonds. The van der Waals surface area contributed by atoms with Gasteiger partial charge in [0.15, 0.2) is 0 Å². The summed E-state index contributed by atoms with van der Waals surface area (Å²) in [6.45, 7) is 5.57. The zero-order valence-electron chi connectivity index (χ0n) is 18.6. The maximum absolute atomic E-state index is 13.4. The Kier molecular flexibility index (Phi) is 6.23. The highest BCUT2D eigenvalue weighted by Gasteiger charge is 2.32. The SMILES string of the molecule is Cc1cc(F)ccc1Oc1nc(Nc2ccc(-c3ccnc(C(F)(F)F)c3)cc2)nn1C(C)C. The summed E-state index contributed by atoms with van der Waals surface area (Å²) in [7, 11) is 0. The number of ether oxygens (including phenoxy) is 1. The second kappa shape index (κ2) is 9.12. The van der Waals surface area contributed by atoms with Gasteiger partial charge in [0.1, 0.15) is 17.3 Å². The van der Waals surface area contributed by atoms with E-state index in [1.165, 1.54) is 24.3 Å². The van der Waals surface area contributed by atoms with Gasteiger partial charge in [-0.25, -0.2) is 9.07 Å². The lowest BCUT2D eigenvalue weighted by molar-refractivity contribution is -0.141. The number of benzene rings is 2. The Hall–Kier alpha value is -3.95. The molecule has 0 saturated heterocycles. The Morgan fingerprint density at radius 3 is 2.35 bits per heavy atom. The highest BCUT2D eigenvalue weighted by atomic mass is 19.4. The van der Waals surface area contributed by atoms with Gasteiger partial charge in [0.05, 0.1) is 6.04 Å². The number of hydrogen-bond donors (Lipinski definition) is 1. The third-order valence-corrected chi connectivity index (χ3v) is 4.95. The maximum Gasteiger partial charge on any atom is 0.433 e.